The molecule has 1 rings (SSSR count). The molecule has 0 atom stereocenters. The molecule has 1 heterocycles. The van der Waals surface area contributed by atoms with E-state index in [-0.39, 0.29) is 28.7 Å². The number of hydrogen-bond donors (Lipinski definition) is 2. The van der Waals surface area contributed by atoms with Crippen molar-refractivity contribution in [2.75, 3.05) is 23.9 Å². The second kappa shape index (κ2) is 5.92. The molecule has 20 heavy (non-hydrogen) atoms. The maximum atomic E-state index is 12.6. The summed E-state index contributed by atoms with van der Waals surface area (Å²) < 4.78 is 59.6. The van der Waals surface area contributed by atoms with Crippen LogP contribution < -0.4 is 11.1 Å². The normalized spacial score (nSPS) is 12.2. The first-order valence-corrected chi connectivity index (χ1v) is 7.77. The number of hydrogen-bond acceptors (Lipinski definition) is 5. The number of rotatable bonds is 5. The second-order valence-electron chi connectivity index (χ2n) is 4.01. The number of thiocarbonyl (C=S) groups is 1. The zero-order valence-corrected chi connectivity index (χ0v) is 12.0. The highest BCUT2D eigenvalue weighted by molar-refractivity contribution is 7.90. The van der Waals surface area contributed by atoms with Gasteiger partial charge in [-0.1, -0.05) is 12.2 Å². The van der Waals surface area contributed by atoms with Gasteiger partial charge in [-0.25, -0.2) is 13.4 Å². The first kappa shape index (κ1) is 16.6. The summed E-state index contributed by atoms with van der Waals surface area (Å²) in [5.74, 6) is -0.433. The molecule has 0 unspecified atom stereocenters. The van der Waals surface area contributed by atoms with Crippen molar-refractivity contribution in [3.05, 3.63) is 23.4 Å². The minimum absolute atomic E-state index is 0.0945. The van der Waals surface area contributed by atoms with Crippen LogP contribution in [0.15, 0.2) is 12.1 Å². The molecule has 0 aliphatic heterocycles. The van der Waals surface area contributed by atoms with E-state index in [0.29, 0.717) is 0 Å². The van der Waals surface area contributed by atoms with E-state index in [1.807, 2.05) is 0 Å². The van der Waals surface area contributed by atoms with E-state index in [0.717, 1.165) is 18.4 Å². The van der Waals surface area contributed by atoms with Crippen LogP contribution in [0, 0.1) is 0 Å². The first-order chi connectivity index (χ1) is 9.00. The lowest BCUT2D eigenvalue weighted by Crippen LogP contribution is -2.20. The van der Waals surface area contributed by atoms with Gasteiger partial charge in [-0.2, -0.15) is 13.2 Å². The molecule has 112 valence electrons. The lowest BCUT2D eigenvalue weighted by atomic mass is 10.2. The van der Waals surface area contributed by atoms with Gasteiger partial charge in [-0.3, -0.25) is 0 Å². The van der Waals surface area contributed by atoms with Crippen LogP contribution in [0.2, 0.25) is 0 Å². The summed E-state index contributed by atoms with van der Waals surface area (Å²) in [7, 11) is -3.24. The molecule has 1 aromatic rings. The van der Waals surface area contributed by atoms with Crippen molar-refractivity contribution in [1.82, 2.24) is 4.98 Å². The molecule has 3 N–H and O–H groups in total. The highest BCUT2D eigenvalue weighted by Crippen LogP contribution is 2.29. The standard InChI is InChI=1S/C10H12F3N3O2S2/c1-20(17,18)5-4-15-9-6(8(14)19)2-3-7(16-9)10(11,12)13/h2-3H,4-5H2,1H3,(H2,14,19)(H,15,16). The van der Waals surface area contributed by atoms with Crippen LogP contribution in [0.4, 0.5) is 19.0 Å². The fourth-order valence-corrected chi connectivity index (χ4v) is 1.94. The molecule has 0 saturated carbocycles. The Morgan fingerprint density at radius 3 is 2.50 bits per heavy atom. The van der Waals surface area contributed by atoms with Crippen molar-refractivity contribution >= 4 is 32.9 Å². The predicted octanol–water partition coefficient (Wildman–Crippen LogP) is 1.19. The Bertz CT molecular complexity index is 615. The van der Waals surface area contributed by atoms with Crippen molar-refractivity contribution in [1.29, 1.82) is 0 Å². The summed E-state index contributed by atoms with van der Waals surface area (Å²) >= 11 is 4.71. The number of sulfone groups is 1. The number of aromatic nitrogens is 1. The third kappa shape index (κ3) is 4.93. The molecule has 0 saturated heterocycles. The summed E-state index contributed by atoms with van der Waals surface area (Å²) in [6, 6.07) is 1.86. The molecule has 0 radical (unpaired) electrons. The Hall–Kier alpha value is -1.42. The Morgan fingerprint density at radius 2 is 2.05 bits per heavy atom. The zero-order valence-electron chi connectivity index (χ0n) is 10.4. The van der Waals surface area contributed by atoms with Crippen molar-refractivity contribution in [3.63, 3.8) is 0 Å². The van der Waals surface area contributed by atoms with Crippen LogP contribution in [-0.4, -0.2) is 36.9 Å². The van der Waals surface area contributed by atoms with E-state index >= 15 is 0 Å². The fraction of sp³-hybridized carbons (Fsp3) is 0.400. The number of nitrogens with zero attached hydrogens (tertiary/aromatic N) is 1. The van der Waals surface area contributed by atoms with Crippen LogP contribution in [0.25, 0.3) is 0 Å². The lowest BCUT2D eigenvalue weighted by molar-refractivity contribution is -0.141. The van der Waals surface area contributed by atoms with Gasteiger partial charge in [0.25, 0.3) is 0 Å². The van der Waals surface area contributed by atoms with E-state index in [4.69, 9.17) is 18.0 Å². The van der Waals surface area contributed by atoms with Crippen LogP contribution in [-0.2, 0) is 16.0 Å². The van der Waals surface area contributed by atoms with Gasteiger partial charge in [0, 0.05) is 12.8 Å². The number of halogens is 3. The molecule has 0 aliphatic carbocycles. The fourth-order valence-electron chi connectivity index (χ4n) is 1.31. The molecule has 0 amide bonds. The van der Waals surface area contributed by atoms with Crippen molar-refractivity contribution in [2.45, 2.75) is 6.18 Å². The quantitative estimate of drug-likeness (QED) is 0.790. The molecule has 0 spiro atoms. The predicted molar refractivity (Wildman–Crippen MR) is 73.3 cm³/mol. The topological polar surface area (TPSA) is 85.1 Å². The van der Waals surface area contributed by atoms with E-state index in [9.17, 15) is 21.6 Å². The van der Waals surface area contributed by atoms with E-state index in [1.54, 1.807) is 0 Å². The average molecular weight is 327 g/mol. The monoisotopic (exact) mass is 327 g/mol. The number of nitrogens with one attached hydrogen (secondary N) is 1. The first-order valence-electron chi connectivity index (χ1n) is 5.30. The Balaban J connectivity index is 3.04. The summed E-state index contributed by atoms with van der Waals surface area (Å²) in [6.07, 6.45) is -3.59. The van der Waals surface area contributed by atoms with Gasteiger partial charge in [-0.15, -0.1) is 0 Å². The molecule has 1 aromatic heterocycles. The largest absolute Gasteiger partial charge is 0.433 e. The highest BCUT2D eigenvalue weighted by Gasteiger charge is 2.33. The zero-order chi connectivity index (χ0) is 15.6. The van der Waals surface area contributed by atoms with Crippen LogP contribution in [0.3, 0.4) is 0 Å². The van der Waals surface area contributed by atoms with Crippen molar-refractivity contribution in [2.24, 2.45) is 5.73 Å². The molecular formula is C10H12F3N3O2S2. The minimum atomic E-state index is -4.61. The lowest BCUT2D eigenvalue weighted by Gasteiger charge is -2.13. The molecule has 0 bridgehead atoms. The Kier molecular flexibility index (Phi) is 4.92. The third-order valence-corrected chi connectivity index (χ3v) is 3.38. The molecule has 5 nitrogen and oxygen atoms in total. The SMILES string of the molecule is CS(=O)(=O)CCNc1nc(C(F)(F)F)ccc1C(N)=S. The molecule has 0 fully saturated rings. The number of alkyl halides is 3. The number of nitrogens with two attached hydrogens (primary N) is 1. The van der Waals surface area contributed by atoms with Crippen molar-refractivity contribution in [3.8, 4) is 0 Å². The maximum Gasteiger partial charge on any atom is 0.433 e. The van der Waals surface area contributed by atoms with Gasteiger partial charge in [0.1, 0.15) is 26.3 Å². The molecule has 0 aromatic carbocycles. The Labute approximate surface area is 119 Å². The Morgan fingerprint density at radius 1 is 1.45 bits per heavy atom. The second-order valence-corrected chi connectivity index (χ2v) is 6.71. The summed E-state index contributed by atoms with van der Waals surface area (Å²) in [6.45, 7) is -0.0945. The summed E-state index contributed by atoms with van der Waals surface area (Å²) in [5.41, 5.74) is 4.40. The van der Waals surface area contributed by atoms with Crippen LogP contribution in [0.5, 0.6) is 0 Å². The van der Waals surface area contributed by atoms with Gasteiger partial charge in [0.2, 0.25) is 0 Å². The van der Waals surface area contributed by atoms with Crippen molar-refractivity contribution < 1.29 is 21.6 Å². The van der Waals surface area contributed by atoms with E-state index in [1.165, 1.54) is 0 Å². The van der Waals surface area contributed by atoms with Gasteiger partial charge in [0.05, 0.1) is 11.3 Å². The number of pyridine rings is 1. The van der Waals surface area contributed by atoms with E-state index in [2.05, 4.69) is 10.3 Å². The van der Waals surface area contributed by atoms with Crippen LogP contribution >= 0.6 is 12.2 Å². The van der Waals surface area contributed by atoms with E-state index < -0.39 is 21.7 Å². The minimum Gasteiger partial charge on any atom is -0.389 e. The molecular weight excluding hydrogens is 315 g/mol. The maximum absolute atomic E-state index is 12.6. The summed E-state index contributed by atoms with van der Waals surface area (Å²) in [4.78, 5) is 3.25. The molecule has 10 heteroatoms. The highest BCUT2D eigenvalue weighted by atomic mass is 32.2. The van der Waals surface area contributed by atoms with Gasteiger partial charge in [0.15, 0.2) is 0 Å². The number of anilines is 1. The van der Waals surface area contributed by atoms with Gasteiger partial charge < -0.3 is 11.1 Å². The summed E-state index contributed by atoms with van der Waals surface area (Å²) in [5, 5.41) is 2.51. The smallest absolute Gasteiger partial charge is 0.389 e. The van der Waals surface area contributed by atoms with Crippen LogP contribution in [0.1, 0.15) is 11.3 Å². The molecule has 0 aliphatic rings. The third-order valence-electron chi connectivity index (χ3n) is 2.22. The van der Waals surface area contributed by atoms with Gasteiger partial charge in [-0.05, 0) is 12.1 Å². The van der Waals surface area contributed by atoms with Gasteiger partial charge >= 0.3 is 6.18 Å². The average Bonchev–Trinajstić information content (AvgIpc) is 2.25.